The maximum absolute atomic E-state index is 13.3. The van der Waals surface area contributed by atoms with E-state index in [1.165, 1.54) is 4.68 Å². The number of para-hydroxylation sites is 1. The van der Waals surface area contributed by atoms with Crippen molar-refractivity contribution in [3.8, 4) is 11.6 Å². The number of carbonyl (C=O) groups is 2. The van der Waals surface area contributed by atoms with Crippen LogP contribution in [-0.4, -0.2) is 48.0 Å². The number of ether oxygens (including phenoxy) is 2. The van der Waals surface area contributed by atoms with Crippen molar-refractivity contribution >= 4 is 19.6 Å². The molecule has 0 bridgehead atoms. The molecule has 1 aromatic heterocycles. The standard InChI is InChI=1S/C18H25N4O6P/c1-4-26-17(23)12-19-29(25,20-13-18(24)27-5-2)28-16-11-14(3)21-22(16)15-9-7-6-8-10-15/h6-11H,4-5,12-13H2,1-3H3,(H2,19,20,25). The third-order valence-electron chi connectivity index (χ3n) is 3.50. The topological polar surface area (TPSA) is 121 Å². The Bertz CT molecular complexity index is 844. The van der Waals surface area contributed by atoms with E-state index in [-0.39, 0.29) is 32.2 Å². The molecule has 0 atom stereocenters. The molecule has 0 radical (unpaired) electrons. The number of hydrogen-bond acceptors (Lipinski definition) is 7. The Labute approximate surface area is 169 Å². The summed E-state index contributed by atoms with van der Waals surface area (Å²) in [6, 6.07) is 10.7. The second-order valence-corrected chi connectivity index (χ2v) is 7.71. The molecular weight excluding hydrogens is 399 g/mol. The molecule has 0 amide bonds. The van der Waals surface area contributed by atoms with Crippen LogP contribution in [0.15, 0.2) is 36.4 Å². The van der Waals surface area contributed by atoms with E-state index in [1.54, 1.807) is 26.8 Å². The third-order valence-corrected chi connectivity index (χ3v) is 5.09. The zero-order valence-electron chi connectivity index (χ0n) is 16.6. The van der Waals surface area contributed by atoms with Gasteiger partial charge in [0, 0.05) is 6.07 Å². The minimum atomic E-state index is -3.89. The summed E-state index contributed by atoms with van der Waals surface area (Å²) < 4.78 is 30.1. The van der Waals surface area contributed by atoms with Crippen LogP contribution in [0.25, 0.3) is 5.69 Å². The Hall–Kier alpha value is -2.68. The van der Waals surface area contributed by atoms with Crippen molar-refractivity contribution < 1.29 is 28.2 Å². The van der Waals surface area contributed by atoms with Gasteiger partial charge in [-0.3, -0.25) is 9.59 Å². The van der Waals surface area contributed by atoms with Gasteiger partial charge in [-0.05, 0) is 32.9 Å². The maximum Gasteiger partial charge on any atom is 0.392 e. The monoisotopic (exact) mass is 424 g/mol. The minimum absolute atomic E-state index is 0.171. The molecular formula is C18H25N4O6P. The summed E-state index contributed by atoms with van der Waals surface area (Å²) >= 11 is 0. The molecule has 2 rings (SSSR count). The van der Waals surface area contributed by atoms with E-state index in [0.29, 0.717) is 11.4 Å². The van der Waals surface area contributed by atoms with Crippen LogP contribution >= 0.6 is 7.67 Å². The fraction of sp³-hybridized carbons (Fsp3) is 0.389. The summed E-state index contributed by atoms with van der Waals surface area (Å²) in [5.41, 5.74) is 1.32. The second kappa shape index (κ2) is 10.8. The van der Waals surface area contributed by atoms with Gasteiger partial charge in [0.25, 0.3) is 0 Å². The molecule has 10 nitrogen and oxygen atoms in total. The van der Waals surface area contributed by atoms with Crippen molar-refractivity contribution in [2.75, 3.05) is 26.3 Å². The highest BCUT2D eigenvalue weighted by atomic mass is 31.2. The SMILES string of the molecule is CCOC(=O)CNP(=O)(NCC(=O)OCC)Oc1cc(C)nn1-c1ccccc1. The summed E-state index contributed by atoms with van der Waals surface area (Å²) in [4.78, 5) is 23.4. The molecule has 0 fully saturated rings. The van der Waals surface area contributed by atoms with Crippen LogP contribution in [0.1, 0.15) is 19.5 Å². The van der Waals surface area contributed by atoms with Crippen LogP contribution in [0, 0.1) is 6.92 Å². The molecule has 11 heteroatoms. The Balaban J connectivity index is 2.23. The number of rotatable bonds is 11. The number of benzene rings is 1. The number of nitrogens with one attached hydrogen (secondary N) is 2. The van der Waals surface area contributed by atoms with Crippen LogP contribution in [0.4, 0.5) is 0 Å². The molecule has 1 heterocycles. The van der Waals surface area contributed by atoms with Crippen molar-refractivity contribution in [3.05, 3.63) is 42.1 Å². The van der Waals surface area contributed by atoms with Gasteiger partial charge in [0.1, 0.15) is 13.1 Å². The van der Waals surface area contributed by atoms with Gasteiger partial charge in [0.2, 0.25) is 5.88 Å². The Morgan fingerprint density at radius 2 is 1.59 bits per heavy atom. The molecule has 2 aromatic rings. The van der Waals surface area contributed by atoms with E-state index >= 15 is 0 Å². The first-order valence-corrected chi connectivity index (χ1v) is 10.7. The number of hydrogen-bond donors (Lipinski definition) is 2. The molecule has 2 N–H and O–H groups in total. The van der Waals surface area contributed by atoms with E-state index in [0.717, 1.165) is 0 Å². The van der Waals surface area contributed by atoms with Gasteiger partial charge < -0.3 is 14.0 Å². The van der Waals surface area contributed by atoms with Gasteiger partial charge in [0.05, 0.1) is 24.6 Å². The molecule has 0 unspecified atom stereocenters. The quantitative estimate of drug-likeness (QED) is 0.412. The highest BCUT2D eigenvalue weighted by molar-refractivity contribution is 7.55. The zero-order chi connectivity index (χ0) is 21.3. The van der Waals surface area contributed by atoms with E-state index < -0.39 is 19.6 Å². The zero-order valence-corrected chi connectivity index (χ0v) is 17.5. The Kier molecular flexibility index (Phi) is 8.38. The van der Waals surface area contributed by atoms with E-state index in [2.05, 4.69) is 15.3 Å². The van der Waals surface area contributed by atoms with E-state index in [1.807, 2.05) is 30.3 Å². The molecule has 158 valence electrons. The van der Waals surface area contributed by atoms with Gasteiger partial charge in [0.15, 0.2) is 0 Å². The van der Waals surface area contributed by atoms with Crippen LogP contribution in [0.5, 0.6) is 5.88 Å². The fourth-order valence-electron chi connectivity index (χ4n) is 2.31. The summed E-state index contributed by atoms with van der Waals surface area (Å²) in [6.07, 6.45) is 0. The first-order chi connectivity index (χ1) is 13.9. The van der Waals surface area contributed by atoms with Gasteiger partial charge >= 0.3 is 19.6 Å². The van der Waals surface area contributed by atoms with Gasteiger partial charge in [-0.2, -0.15) is 5.10 Å². The van der Waals surface area contributed by atoms with Crippen LogP contribution < -0.4 is 14.7 Å². The summed E-state index contributed by atoms with van der Waals surface area (Å²) in [6.45, 7) is 4.69. The molecule has 0 saturated carbocycles. The molecule has 0 spiro atoms. The predicted molar refractivity (Wildman–Crippen MR) is 106 cm³/mol. The van der Waals surface area contributed by atoms with Crippen molar-refractivity contribution in [1.82, 2.24) is 20.0 Å². The van der Waals surface area contributed by atoms with Crippen LogP contribution in [0.3, 0.4) is 0 Å². The van der Waals surface area contributed by atoms with Crippen molar-refractivity contribution in [2.45, 2.75) is 20.8 Å². The number of carbonyl (C=O) groups excluding carboxylic acids is 2. The largest absolute Gasteiger partial charge is 0.465 e. The molecule has 29 heavy (non-hydrogen) atoms. The molecule has 1 aromatic carbocycles. The lowest BCUT2D eigenvalue weighted by Gasteiger charge is -2.20. The lowest BCUT2D eigenvalue weighted by atomic mass is 10.3. The van der Waals surface area contributed by atoms with Crippen molar-refractivity contribution in [3.63, 3.8) is 0 Å². The van der Waals surface area contributed by atoms with Crippen LogP contribution in [0.2, 0.25) is 0 Å². The summed E-state index contributed by atoms with van der Waals surface area (Å²) in [5.74, 6) is -1.05. The Morgan fingerprint density at radius 3 is 2.10 bits per heavy atom. The molecule has 0 aliphatic heterocycles. The van der Waals surface area contributed by atoms with Gasteiger partial charge in [-0.25, -0.2) is 19.4 Å². The first-order valence-electron chi connectivity index (χ1n) is 9.10. The van der Waals surface area contributed by atoms with E-state index in [4.69, 9.17) is 14.0 Å². The lowest BCUT2D eigenvalue weighted by Crippen LogP contribution is -2.34. The summed E-state index contributed by atoms with van der Waals surface area (Å²) in [7, 11) is -3.89. The predicted octanol–water partition coefficient (Wildman–Crippen LogP) is 1.97. The second-order valence-electron chi connectivity index (χ2n) is 5.79. The minimum Gasteiger partial charge on any atom is -0.465 e. The lowest BCUT2D eigenvalue weighted by molar-refractivity contribution is -0.142. The summed E-state index contributed by atoms with van der Waals surface area (Å²) in [5, 5.41) is 9.37. The third kappa shape index (κ3) is 7.01. The highest BCUT2D eigenvalue weighted by Crippen LogP contribution is 2.39. The number of esters is 2. The van der Waals surface area contributed by atoms with Crippen molar-refractivity contribution in [1.29, 1.82) is 0 Å². The van der Waals surface area contributed by atoms with Gasteiger partial charge in [-0.15, -0.1) is 0 Å². The highest BCUT2D eigenvalue weighted by Gasteiger charge is 2.29. The average molecular weight is 424 g/mol. The number of aromatic nitrogens is 2. The average Bonchev–Trinajstić information content (AvgIpc) is 3.06. The molecule has 0 aliphatic carbocycles. The van der Waals surface area contributed by atoms with Crippen LogP contribution in [-0.2, 0) is 23.6 Å². The Morgan fingerprint density at radius 1 is 1.03 bits per heavy atom. The fourth-order valence-corrected chi connectivity index (χ4v) is 3.62. The first kappa shape index (κ1) is 22.6. The normalized spacial score (nSPS) is 11.1. The molecule has 0 saturated heterocycles. The number of nitrogens with zero attached hydrogens (tertiary/aromatic N) is 2. The van der Waals surface area contributed by atoms with Gasteiger partial charge in [-0.1, -0.05) is 18.2 Å². The maximum atomic E-state index is 13.3. The number of aryl methyl sites for hydroxylation is 1. The van der Waals surface area contributed by atoms with Crippen molar-refractivity contribution in [2.24, 2.45) is 0 Å². The van der Waals surface area contributed by atoms with E-state index in [9.17, 15) is 14.2 Å². The molecule has 0 aliphatic rings. The smallest absolute Gasteiger partial charge is 0.392 e.